The molecule has 4 rings (SSSR count). The number of H-pyrrole nitrogens is 1. The summed E-state index contributed by atoms with van der Waals surface area (Å²) in [6.07, 6.45) is 3.99. The number of amides is 1. The molecular formula is C16H17N5O3. The molecule has 1 aromatic carbocycles. The number of aromatic amines is 1. The summed E-state index contributed by atoms with van der Waals surface area (Å²) in [7, 11) is 0. The van der Waals surface area contributed by atoms with Gasteiger partial charge < -0.3 is 14.8 Å². The average Bonchev–Trinajstić information content (AvgIpc) is 3.21. The minimum Gasteiger partial charge on any atom is -0.492 e. The van der Waals surface area contributed by atoms with Gasteiger partial charge in [-0.2, -0.15) is 10.2 Å². The van der Waals surface area contributed by atoms with Crippen molar-refractivity contribution in [2.45, 2.75) is 13.0 Å². The van der Waals surface area contributed by atoms with Crippen molar-refractivity contribution in [2.75, 3.05) is 19.8 Å². The number of nitrogens with one attached hydrogen (secondary N) is 2. The summed E-state index contributed by atoms with van der Waals surface area (Å²) >= 11 is 0. The highest BCUT2D eigenvalue weighted by molar-refractivity contribution is 5.93. The number of fused-ring (bicyclic) bond motifs is 4. The topological polar surface area (TPSA) is 94.1 Å². The Balaban J connectivity index is 1.69. The van der Waals surface area contributed by atoms with E-state index in [2.05, 4.69) is 20.6 Å². The number of aryl methyl sites for hydroxylation is 1. The second-order valence-corrected chi connectivity index (χ2v) is 5.54. The Kier molecular flexibility index (Phi) is 3.78. The zero-order chi connectivity index (χ0) is 16.4. The van der Waals surface area contributed by atoms with Crippen molar-refractivity contribution in [3.05, 3.63) is 30.6 Å². The molecule has 3 aromatic rings. The van der Waals surface area contributed by atoms with Crippen LogP contribution >= 0.6 is 0 Å². The molecule has 4 bridgehead atoms. The first-order chi connectivity index (χ1) is 11.8. The minimum absolute atomic E-state index is 0.341. The highest BCUT2D eigenvalue weighted by Crippen LogP contribution is 2.29. The van der Waals surface area contributed by atoms with Gasteiger partial charge in [0, 0.05) is 30.1 Å². The standard InChI is InChI=1S/C16H17N5O3/c22-16-17-4-7-23-12-2-3-14-13(8-12)15(20-19-14)11-9-18-21(10-11)5-1-6-24-16/h2-3,8-10H,1,4-7H2,(H,17,22)(H,19,20). The normalized spacial score (nSPS) is 15.8. The van der Waals surface area contributed by atoms with E-state index in [1.165, 1.54) is 0 Å². The van der Waals surface area contributed by atoms with Gasteiger partial charge in [0.1, 0.15) is 18.1 Å². The van der Waals surface area contributed by atoms with Gasteiger partial charge >= 0.3 is 6.09 Å². The minimum atomic E-state index is -0.431. The van der Waals surface area contributed by atoms with Crippen molar-refractivity contribution in [3.8, 4) is 17.0 Å². The second-order valence-electron chi connectivity index (χ2n) is 5.54. The number of carbonyl (C=O) groups is 1. The third-order valence-corrected chi connectivity index (χ3v) is 3.85. The Morgan fingerprint density at radius 3 is 3.12 bits per heavy atom. The highest BCUT2D eigenvalue weighted by atomic mass is 16.5. The Hall–Kier alpha value is -3.03. The van der Waals surface area contributed by atoms with Crippen molar-refractivity contribution in [3.63, 3.8) is 0 Å². The quantitative estimate of drug-likeness (QED) is 0.658. The zero-order valence-electron chi connectivity index (χ0n) is 13.0. The van der Waals surface area contributed by atoms with Gasteiger partial charge in [-0.3, -0.25) is 9.78 Å². The van der Waals surface area contributed by atoms with E-state index < -0.39 is 6.09 Å². The summed E-state index contributed by atoms with van der Waals surface area (Å²) in [5.74, 6) is 0.722. The lowest BCUT2D eigenvalue weighted by atomic mass is 10.1. The van der Waals surface area contributed by atoms with Crippen LogP contribution in [0.3, 0.4) is 0 Å². The van der Waals surface area contributed by atoms with Crippen LogP contribution in [0.15, 0.2) is 30.6 Å². The van der Waals surface area contributed by atoms with Gasteiger partial charge in [0.15, 0.2) is 0 Å². The predicted octanol–water partition coefficient (Wildman–Crippen LogP) is 1.94. The van der Waals surface area contributed by atoms with Crippen LogP contribution in [0.2, 0.25) is 0 Å². The number of alkyl carbamates (subject to hydrolysis) is 1. The Morgan fingerprint density at radius 2 is 2.17 bits per heavy atom. The van der Waals surface area contributed by atoms with Gasteiger partial charge in [-0.1, -0.05) is 0 Å². The molecule has 8 heteroatoms. The molecule has 0 spiro atoms. The van der Waals surface area contributed by atoms with Crippen LogP contribution in [0.1, 0.15) is 6.42 Å². The molecule has 8 nitrogen and oxygen atoms in total. The summed E-state index contributed by atoms with van der Waals surface area (Å²) in [6, 6.07) is 5.74. The molecule has 2 N–H and O–H groups in total. The summed E-state index contributed by atoms with van der Waals surface area (Å²) in [5.41, 5.74) is 2.72. The van der Waals surface area contributed by atoms with Crippen molar-refractivity contribution in [2.24, 2.45) is 0 Å². The molecule has 0 radical (unpaired) electrons. The molecule has 0 atom stereocenters. The number of aromatic nitrogens is 4. The number of hydrogen-bond acceptors (Lipinski definition) is 5. The van der Waals surface area contributed by atoms with E-state index in [4.69, 9.17) is 9.47 Å². The van der Waals surface area contributed by atoms with Crippen molar-refractivity contribution >= 4 is 17.0 Å². The number of rotatable bonds is 0. The van der Waals surface area contributed by atoms with E-state index in [9.17, 15) is 4.79 Å². The number of cyclic esters (lactones) is 1. The number of carbonyl (C=O) groups excluding carboxylic acids is 1. The summed E-state index contributed by atoms with van der Waals surface area (Å²) in [4.78, 5) is 11.5. The molecule has 124 valence electrons. The first kappa shape index (κ1) is 14.6. The highest BCUT2D eigenvalue weighted by Gasteiger charge is 2.12. The average molecular weight is 327 g/mol. The van der Waals surface area contributed by atoms with E-state index >= 15 is 0 Å². The Labute approximate surface area is 137 Å². The summed E-state index contributed by atoms with van der Waals surface area (Å²) in [5, 5.41) is 15.4. The molecule has 24 heavy (non-hydrogen) atoms. The molecule has 3 heterocycles. The van der Waals surface area contributed by atoms with Crippen LogP contribution in [0.25, 0.3) is 22.2 Å². The molecule has 2 aromatic heterocycles. The fourth-order valence-electron chi connectivity index (χ4n) is 2.68. The number of nitrogens with zero attached hydrogens (tertiary/aromatic N) is 3. The number of ether oxygens (including phenoxy) is 2. The van der Waals surface area contributed by atoms with Crippen LogP contribution in [-0.2, 0) is 11.3 Å². The maximum Gasteiger partial charge on any atom is 0.407 e. The molecule has 0 saturated carbocycles. The maximum absolute atomic E-state index is 11.5. The third-order valence-electron chi connectivity index (χ3n) is 3.85. The summed E-state index contributed by atoms with van der Waals surface area (Å²) < 4.78 is 12.6. The lowest BCUT2D eigenvalue weighted by Crippen LogP contribution is -2.29. The fraction of sp³-hybridized carbons (Fsp3) is 0.312. The number of benzene rings is 1. The zero-order valence-corrected chi connectivity index (χ0v) is 13.0. The van der Waals surface area contributed by atoms with Gasteiger partial charge in [-0.15, -0.1) is 0 Å². The Morgan fingerprint density at radius 1 is 1.21 bits per heavy atom. The molecular weight excluding hydrogens is 310 g/mol. The largest absolute Gasteiger partial charge is 0.492 e. The SMILES string of the molecule is O=C1NCCOc2ccc3[nH]nc(c3c2)-c2cnn(c2)CCCO1. The molecule has 0 fully saturated rings. The molecule has 0 unspecified atom stereocenters. The molecule has 1 aliphatic rings. The Bertz CT molecular complexity index is 870. The number of hydrogen-bond donors (Lipinski definition) is 2. The van der Waals surface area contributed by atoms with Crippen LogP contribution in [-0.4, -0.2) is 45.8 Å². The monoisotopic (exact) mass is 327 g/mol. The van der Waals surface area contributed by atoms with Gasteiger partial charge in [-0.05, 0) is 18.2 Å². The first-order valence-electron chi connectivity index (χ1n) is 7.84. The molecule has 1 amide bonds. The second kappa shape index (κ2) is 6.23. The van der Waals surface area contributed by atoms with Crippen LogP contribution in [0.4, 0.5) is 4.79 Å². The third kappa shape index (κ3) is 2.90. The summed E-state index contributed by atoms with van der Waals surface area (Å²) in [6.45, 7) is 1.76. The molecule has 0 saturated heterocycles. The van der Waals surface area contributed by atoms with Crippen LogP contribution in [0, 0.1) is 0 Å². The lowest BCUT2D eigenvalue weighted by Gasteiger charge is -2.09. The van der Waals surface area contributed by atoms with Crippen molar-refractivity contribution in [1.82, 2.24) is 25.3 Å². The predicted molar refractivity (Wildman–Crippen MR) is 86.8 cm³/mol. The lowest BCUT2D eigenvalue weighted by molar-refractivity contribution is 0.141. The maximum atomic E-state index is 11.5. The first-order valence-corrected chi connectivity index (χ1v) is 7.84. The van der Waals surface area contributed by atoms with Gasteiger partial charge in [-0.25, -0.2) is 4.79 Å². The van der Waals surface area contributed by atoms with Crippen molar-refractivity contribution < 1.29 is 14.3 Å². The smallest absolute Gasteiger partial charge is 0.407 e. The van der Waals surface area contributed by atoms with E-state index in [1.807, 2.05) is 29.1 Å². The van der Waals surface area contributed by atoms with E-state index in [-0.39, 0.29) is 0 Å². The van der Waals surface area contributed by atoms with E-state index in [0.717, 1.165) is 27.9 Å². The van der Waals surface area contributed by atoms with Crippen LogP contribution < -0.4 is 10.1 Å². The molecule has 1 aliphatic heterocycles. The van der Waals surface area contributed by atoms with Gasteiger partial charge in [0.2, 0.25) is 0 Å². The van der Waals surface area contributed by atoms with E-state index in [1.54, 1.807) is 6.20 Å². The van der Waals surface area contributed by atoms with Crippen LogP contribution in [0.5, 0.6) is 5.75 Å². The molecule has 0 aliphatic carbocycles. The van der Waals surface area contributed by atoms with Gasteiger partial charge in [0.05, 0.1) is 24.9 Å². The van der Waals surface area contributed by atoms with Gasteiger partial charge in [0.25, 0.3) is 0 Å². The van der Waals surface area contributed by atoms with Crippen molar-refractivity contribution in [1.29, 1.82) is 0 Å². The fourth-order valence-corrected chi connectivity index (χ4v) is 2.68. The van der Waals surface area contributed by atoms with E-state index in [0.29, 0.717) is 32.7 Å².